The molecule has 61 heavy (non-hydrogen) atoms. The second-order valence-electron chi connectivity index (χ2n) is 17.2. The quantitative estimate of drug-likeness (QED) is 0.0233. The van der Waals surface area contributed by atoms with E-state index in [9.17, 15) is 24.2 Å². The number of carbonyl (C=O) groups is 2. The van der Waals surface area contributed by atoms with Crippen molar-refractivity contribution >= 4 is 19.8 Å². The number of phosphoric acid groups is 1. The summed E-state index contributed by atoms with van der Waals surface area (Å²) in [6.07, 6.45) is 48.5. The van der Waals surface area contributed by atoms with E-state index in [0.717, 1.165) is 51.4 Å². The summed E-state index contributed by atoms with van der Waals surface area (Å²) in [7, 11) is -4.62. The molecule has 0 saturated carbocycles. The number of ether oxygens (including phenoxy) is 2. The molecular formula is C50H95O10P. The number of carbonyl (C=O) groups excluding carboxylic acids is 2. The third-order valence-electron chi connectivity index (χ3n) is 11.1. The summed E-state index contributed by atoms with van der Waals surface area (Å²) in [6.45, 7) is 2.40. The first-order chi connectivity index (χ1) is 29.7. The Kier molecular flexibility index (Phi) is 45.3. The minimum Gasteiger partial charge on any atom is -0.462 e. The molecular weight excluding hydrogens is 792 g/mol. The molecule has 10 nitrogen and oxygen atoms in total. The van der Waals surface area contributed by atoms with Crippen molar-refractivity contribution in [1.82, 2.24) is 0 Å². The molecule has 0 heterocycles. The third kappa shape index (κ3) is 46.3. The van der Waals surface area contributed by atoms with Gasteiger partial charge in [0.05, 0.1) is 19.8 Å². The van der Waals surface area contributed by atoms with Gasteiger partial charge in [-0.1, -0.05) is 212 Å². The summed E-state index contributed by atoms with van der Waals surface area (Å²) in [5, 5.41) is 18.4. The van der Waals surface area contributed by atoms with Gasteiger partial charge in [0.15, 0.2) is 6.10 Å². The zero-order valence-corrected chi connectivity index (χ0v) is 40.3. The van der Waals surface area contributed by atoms with Crippen molar-refractivity contribution in [3.8, 4) is 0 Å². The van der Waals surface area contributed by atoms with Gasteiger partial charge in [-0.05, 0) is 44.9 Å². The van der Waals surface area contributed by atoms with Crippen molar-refractivity contribution in [3.63, 3.8) is 0 Å². The first kappa shape index (κ1) is 59.5. The monoisotopic (exact) mass is 887 g/mol. The molecule has 1 unspecified atom stereocenters. The van der Waals surface area contributed by atoms with Crippen LogP contribution in [-0.2, 0) is 32.7 Å². The standard InChI is InChI=1S/C50H95O10P/c1-3-5-7-9-11-13-15-17-19-21-23-25-27-29-31-33-35-37-39-41-49(53)57-45-48(46-59-61(55,56)58-44-47(52)43-51)60-50(54)42-40-38-36-34-32-30-28-26-24-22-20-18-16-14-12-10-8-6-4-2/h11,13,17,19,47-48,51-52H,3-10,12,14-16,18,20-46H2,1-2H3,(H,55,56)/b13-11-,19-17-/t47-,48+/m0/s1. The smallest absolute Gasteiger partial charge is 0.462 e. The molecule has 0 saturated heterocycles. The SMILES string of the molecule is CCCCC/C=C\C/C=C\CCCCCCCCCCCC(=O)OC[C@H](COP(=O)(O)OC[C@@H](O)CO)OC(=O)CCCCCCCCCCCCCCCCCCCCC. The molecule has 3 N–H and O–H groups in total. The molecule has 0 fully saturated rings. The van der Waals surface area contributed by atoms with Crippen molar-refractivity contribution in [2.24, 2.45) is 0 Å². The normalized spacial score (nSPS) is 13.9. The summed E-state index contributed by atoms with van der Waals surface area (Å²) < 4.78 is 32.9. The molecule has 11 heteroatoms. The van der Waals surface area contributed by atoms with E-state index in [0.29, 0.717) is 12.8 Å². The van der Waals surface area contributed by atoms with Gasteiger partial charge in [0, 0.05) is 12.8 Å². The van der Waals surface area contributed by atoms with Crippen LogP contribution in [0.4, 0.5) is 0 Å². The third-order valence-corrected chi connectivity index (χ3v) is 12.1. The zero-order chi connectivity index (χ0) is 44.8. The molecule has 0 aliphatic carbocycles. The molecule has 0 aromatic heterocycles. The van der Waals surface area contributed by atoms with E-state index in [1.807, 2.05) is 0 Å². The fraction of sp³-hybridized carbons (Fsp3) is 0.880. The summed E-state index contributed by atoms with van der Waals surface area (Å²) >= 11 is 0. The number of unbranched alkanes of at least 4 members (excludes halogenated alkanes) is 30. The lowest BCUT2D eigenvalue weighted by Gasteiger charge is -2.20. The molecule has 0 aliphatic rings. The highest BCUT2D eigenvalue weighted by Crippen LogP contribution is 2.43. The maximum atomic E-state index is 12.7. The van der Waals surface area contributed by atoms with E-state index in [1.165, 1.54) is 154 Å². The van der Waals surface area contributed by atoms with Gasteiger partial charge in [0.1, 0.15) is 12.7 Å². The predicted molar refractivity (Wildman–Crippen MR) is 252 cm³/mol. The van der Waals surface area contributed by atoms with E-state index in [1.54, 1.807) is 0 Å². The van der Waals surface area contributed by atoms with Crippen LogP contribution in [0.1, 0.15) is 245 Å². The summed E-state index contributed by atoms with van der Waals surface area (Å²) in [4.78, 5) is 35.2. The topological polar surface area (TPSA) is 149 Å². The zero-order valence-electron chi connectivity index (χ0n) is 39.4. The Morgan fingerprint density at radius 1 is 0.492 bits per heavy atom. The summed E-state index contributed by atoms with van der Waals surface area (Å²) in [6, 6.07) is 0. The van der Waals surface area contributed by atoms with Crippen LogP contribution in [0.5, 0.6) is 0 Å². The molecule has 0 radical (unpaired) electrons. The minimum absolute atomic E-state index is 0.188. The van der Waals surface area contributed by atoms with E-state index in [4.69, 9.17) is 23.6 Å². The number of hydrogen-bond acceptors (Lipinski definition) is 9. The first-order valence-electron chi connectivity index (χ1n) is 25.3. The molecule has 3 atom stereocenters. The fourth-order valence-electron chi connectivity index (χ4n) is 7.20. The number of esters is 2. The molecule has 0 aromatic rings. The molecule has 0 aromatic carbocycles. The highest BCUT2D eigenvalue weighted by molar-refractivity contribution is 7.47. The van der Waals surface area contributed by atoms with Crippen LogP contribution in [0.2, 0.25) is 0 Å². The number of aliphatic hydroxyl groups is 2. The average Bonchev–Trinajstić information content (AvgIpc) is 3.25. The largest absolute Gasteiger partial charge is 0.472 e. The van der Waals surface area contributed by atoms with E-state index < -0.39 is 51.8 Å². The van der Waals surface area contributed by atoms with Crippen molar-refractivity contribution in [3.05, 3.63) is 24.3 Å². The maximum Gasteiger partial charge on any atom is 0.472 e. The number of rotatable bonds is 48. The maximum absolute atomic E-state index is 12.7. The van der Waals surface area contributed by atoms with Gasteiger partial charge in [-0.2, -0.15) is 0 Å². The molecule has 0 rings (SSSR count). The number of hydrogen-bond donors (Lipinski definition) is 3. The van der Waals surface area contributed by atoms with Crippen molar-refractivity contribution < 1.29 is 47.8 Å². The Morgan fingerprint density at radius 3 is 1.30 bits per heavy atom. The Bertz CT molecular complexity index is 1070. The molecule has 0 bridgehead atoms. The van der Waals surface area contributed by atoms with Crippen LogP contribution in [0, 0.1) is 0 Å². The average molecular weight is 887 g/mol. The Labute approximate surface area is 374 Å². The van der Waals surface area contributed by atoms with Crippen LogP contribution in [0.3, 0.4) is 0 Å². The van der Waals surface area contributed by atoms with Crippen LogP contribution in [0.15, 0.2) is 24.3 Å². The van der Waals surface area contributed by atoms with Gasteiger partial charge >= 0.3 is 19.8 Å². The summed E-state index contributed by atoms with van der Waals surface area (Å²) in [5.74, 6) is -0.916. The van der Waals surface area contributed by atoms with Gasteiger partial charge < -0.3 is 24.6 Å². The second-order valence-corrected chi connectivity index (χ2v) is 18.7. The van der Waals surface area contributed by atoms with Crippen LogP contribution in [-0.4, -0.2) is 65.7 Å². The van der Waals surface area contributed by atoms with E-state index in [2.05, 4.69) is 38.2 Å². The van der Waals surface area contributed by atoms with Gasteiger partial charge in [-0.25, -0.2) is 4.57 Å². The lowest BCUT2D eigenvalue weighted by atomic mass is 10.0. The van der Waals surface area contributed by atoms with Gasteiger partial charge in [-0.3, -0.25) is 18.6 Å². The van der Waals surface area contributed by atoms with Gasteiger partial charge in [0.2, 0.25) is 0 Å². The molecule has 0 aliphatic heterocycles. The fourth-order valence-corrected chi connectivity index (χ4v) is 7.99. The van der Waals surface area contributed by atoms with E-state index in [-0.39, 0.29) is 19.4 Å². The molecule has 0 spiro atoms. The van der Waals surface area contributed by atoms with Gasteiger partial charge in [-0.15, -0.1) is 0 Å². The minimum atomic E-state index is -4.62. The van der Waals surface area contributed by atoms with Crippen molar-refractivity contribution in [2.75, 3.05) is 26.4 Å². The summed E-state index contributed by atoms with van der Waals surface area (Å²) in [5.41, 5.74) is 0. The van der Waals surface area contributed by atoms with Crippen LogP contribution >= 0.6 is 7.82 Å². The predicted octanol–water partition coefficient (Wildman–Crippen LogP) is 14.1. The Morgan fingerprint density at radius 2 is 0.852 bits per heavy atom. The highest BCUT2D eigenvalue weighted by Gasteiger charge is 2.27. The van der Waals surface area contributed by atoms with Crippen LogP contribution < -0.4 is 0 Å². The lowest BCUT2D eigenvalue weighted by molar-refractivity contribution is -0.161. The van der Waals surface area contributed by atoms with Crippen molar-refractivity contribution in [2.45, 2.75) is 257 Å². The number of allylic oxidation sites excluding steroid dienone is 4. The lowest BCUT2D eigenvalue weighted by Crippen LogP contribution is -2.29. The first-order valence-corrected chi connectivity index (χ1v) is 26.8. The number of phosphoric ester groups is 1. The van der Waals surface area contributed by atoms with Crippen LogP contribution in [0.25, 0.3) is 0 Å². The Balaban J connectivity index is 4.17. The second kappa shape index (κ2) is 46.4. The van der Waals surface area contributed by atoms with Crippen molar-refractivity contribution in [1.29, 1.82) is 0 Å². The highest BCUT2D eigenvalue weighted by atomic mass is 31.2. The van der Waals surface area contributed by atoms with E-state index >= 15 is 0 Å². The molecule has 0 amide bonds. The Hall–Kier alpha value is -1.55. The number of aliphatic hydroxyl groups excluding tert-OH is 2. The molecule has 360 valence electrons. The van der Waals surface area contributed by atoms with Gasteiger partial charge in [0.25, 0.3) is 0 Å².